The van der Waals surface area contributed by atoms with Crippen LogP contribution in [-0.4, -0.2) is 132 Å². The third-order valence-corrected chi connectivity index (χ3v) is 8.09. The summed E-state index contributed by atoms with van der Waals surface area (Å²) >= 11 is 0. The van der Waals surface area contributed by atoms with Crippen LogP contribution < -0.4 is 0 Å². The molecule has 306 valence electrons. The minimum absolute atomic E-state index is 0.139. The van der Waals surface area contributed by atoms with Gasteiger partial charge in [0.05, 0.1) is 112 Å². The highest BCUT2D eigenvalue weighted by atomic mass is 16.6. The normalized spacial score (nSPS) is 11.5. The van der Waals surface area contributed by atoms with Crippen molar-refractivity contribution in [2.45, 2.75) is 129 Å². The van der Waals surface area contributed by atoms with E-state index in [1.807, 2.05) is 0 Å². The number of esters is 1. The molecule has 0 N–H and O–H groups in total. The zero-order valence-electron chi connectivity index (χ0n) is 33.2. The van der Waals surface area contributed by atoms with Crippen molar-refractivity contribution in [3.63, 3.8) is 0 Å². The minimum atomic E-state index is -0.139. The molecule has 0 aliphatic rings. The van der Waals surface area contributed by atoms with Gasteiger partial charge in [0, 0.05) is 13.0 Å². The second-order valence-electron chi connectivity index (χ2n) is 12.8. The highest BCUT2D eigenvalue weighted by Crippen LogP contribution is 2.11. The SMILES string of the molecule is CCCCCCCCCCCCCOCCOCCOCCOCCOCCOCCOCCOCCOCCOC(=O)CCCCCCCC. The van der Waals surface area contributed by atoms with Crippen LogP contribution in [0.3, 0.4) is 0 Å². The summed E-state index contributed by atoms with van der Waals surface area (Å²) in [5, 5.41) is 0. The Kier molecular flexibility index (Phi) is 46.3. The van der Waals surface area contributed by atoms with E-state index in [4.69, 9.17) is 47.4 Å². The summed E-state index contributed by atoms with van der Waals surface area (Å²) in [6.07, 6.45) is 22.3. The summed E-state index contributed by atoms with van der Waals surface area (Å²) < 4.78 is 54.9. The maximum Gasteiger partial charge on any atom is 0.305 e. The van der Waals surface area contributed by atoms with E-state index < -0.39 is 0 Å². The van der Waals surface area contributed by atoms with E-state index in [-0.39, 0.29) is 5.97 Å². The third kappa shape index (κ3) is 47.1. The molecule has 0 aromatic heterocycles. The van der Waals surface area contributed by atoms with Gasteiger partial charge in [-0.2, -0.15) is 0 Å². The van der Waals surface area contributed by atoms with Gasteiger partial charge in [-0.1, -0.05) is 110 Å². The van der Waals surface area contributed by atoms with Gasteiger partial charge in [0.2, 0.25) is 0 Å². The lowest BCUT2D eigenvalue weighted by molar-refractivity contribution is -0.145. The lowest BCUT2D eigenvalue weighted by atomic mass is 10.1. The lowest BCUT2D eigenvalue weighted by Gasteiger charge is -2.09. The minimum Gasteiger partial charge on any atom is -0.463 e. The van der Waals surface area contributed by atoms with E-state index in [1.54, 1.807) is 0 Å². The standard InChI is InChI=1S/C40H80O11/c1-3-5-7-9-11-12-13-14-15-17-19-21-42-22-23-43-24-25-44-26-27-45-28-29-46-30-31-47-32-33-48-34-35-49-36-37-50-38-39-51-40(41)20-18-16-10-8-6-4-2/h3-39H2,1-2H3. The van der Waals surface area contributed by atoms with Gasteiger partial charge >= 0.3 is 5.97 Å². The van der Waals surface area contributed by atoms with Crippen molar-refractivity contribution in [1.29, 1.82) is 0 Å². The van der Waals surface area contributed by atoms with Gasteiger partial charge in [-0.25, -0.2) is 0 Å². The molecule has 0 aliphatic heterocycles. The molecule has 0 bridgehead atoms. The van der Waals surface area contributed by atoms with E-state index in [0.29, 0.717) is 125 Å². The van der Waals surface area contributed by atoms with E-state index in [9.17, 15) is 4.79 Å². The Bertz CT molecular complexity index is 642. The van der Waals surface area contributed by atoms with E-state index in [1.165, 1.54) is 89.9 Å². The highest BCUT2D eigenvalue weighted by molar-refractivity contribution is 5.69. The van der Waals surface area contributed by atoms with Crippen LogP contribution in [0, 0.1) is 0 Å². The molecule has 0 aromatic carbocycles. The first kappa shape index (κ1) is 50.1. The fraction of sp³-hybridized carbons (Fsp3) is 0.975. The molecule has 0 fully saturated rings. The Morgan fingerprint density at radius 2 is 0.510 bits per heavy atom. The van der Waals surface area contributed by atoms with E-state index in [2.05, 4.69) is 13.8 Å². The van der Waals surface area contributed by atoms with Crippen LogP contribution in [0.5, 0.6) is 0 Å². The second kappa shape index (κ2) is 47.1. The van der Waals surface area contributed by atoms with Gasteiger partial charge in [0.1, 0.15) is 6.61 Å². The van der Waals surface area contributed by atoms with Gasteiger partial charge in [0.25, 0.3) is 0 Å². The van der Waals surface area contributed by atoms with Gasteiger partial charge in [-0.3, -0.25) is 4.79 Å². The molecule has 0 saturated carbocycles. The number of carbonyl (C=O) groups is 1. The largest absolute Gasteiger partial charge is 0.463 e. The molecular weight excluding hydrogens is 656 g/mol. The number of rotatable bonds is 46. The predicted octanol–water partition coefficient (Wildman–Crippen LogP) is 7.74. The fourth-order valence-electron chi connectivity index (χ4n) is 5.07. The molecule has 11 heteroatoms. The van der Waals surface area contributed by atoms with Crippen molar-refractivity contribution < 1.29 is 52.2 Å². The molecule has 0 unspecified atom stereocenters. The lowest BCUT2D eigenvalue weighted by Crippen LogP contribution is -2.15. The van der Waals surface area contributed by atoms with Crippen LogP contribution >= 0.6 is 0 Å². The molecular formula is C40H80O11. The quantitative estimate of drug-likeness (QED) is 0.0452. The molecule has 51 heavy (non-hydrogen) atoms. The molecule has 0 heterocycles. The van der Waals surface area contributed by atoms with E-state index >= 15 is 0 Å². The van der Waals surface area contributed by atoms with Crippen molar-refractivity contribution in [2.24, 2.45) is 0 Å². The monoisotopic (exact) mass is 737 g/mol. The molecule has 0 aliphatic carbocycles. The molecule has 0 spiro atoms. The Hall–Kier alpha value is -0.890. The average molecular weight is 737 g/mol. The first-order valence-electron chi connectivity index (χ1n) is 20.7. The first-order valence-corrected chi connectivity index (χ1v) is 20.7. The second-order valence-corrected chi connectivity index (χ2v) is 12.8. The van der Waals surface area contributed by atoms with E-state index in [0.717, 1.165) is 25.9 Å². The van der Waals surface area contributed by atoms with Crippen LogP contribution in [0.15, 0.2) is 0 Å². The van der Waals surface area contributed by atoms with Crippen LogP contribution in [0.1, 0.15) is 129 Å². The Morgan fingerprint density at radius 1 is 0.275 bits per heavy atom. The van der Waals surface area contributed by atoms with Gasteiger partial charge in [-0.05, 0) is 12.8 Å². The zero-order chi connectivity index (χ0) is 36.8. The van der Waals surface area contributed by atoms with Crippen LogP contribution in [0.25, 0.3) is 0 Å². The van der Waals surface area contributed by atoms with Crippen molar-refractivity contribution >= 4 is 5.97 Å². The Labute approximate surface area is 312 Å². The van der Waals surface area contributed by atoms with Crippen LogP contribution in [-0.2, 0) is 52.2 Å². The molecule has 0 radical (unpaired) electrons. The first-order chi connectivity index (χ1) is 25.3. The summed E-state index contributed by atoms with van der Waals surface area (Å²) in [6.45, 7) is 14.5. The summed E-state index contributed by atoms with van der Waals surface area (Å²) in [4.78, 5) is 11.7. The van der Waals surface area contributed by atoms with Gasteiger partial charge < -0.3 is 47.4 Å². The molecule has 0 saturated heterocycles. The smallest absolute Gasteiger partial charge is 0.305 e. The molecule has 0 rings (SSSR count). The molecule has 0 amide bonds. The Balaban J connectivity index is 3.09. The number of ether oxygens (including phenoxy) is 10. The summed E-state index contributed by atoms with van der Waals surface area (Å²) in [7, 11) is 0. The number of carbonyl (C=O) groups excluding carboxylic acids is 1. The maximum absolute atomic E-state index is 11.7. The third-order valence-electron chi connectivity index (χ3n) is 8.09. The Morgan fingerprint density at radius 3 is 0.824 bits per heavy atom. The van der Waals surface area contributed by atoms with Crippen molar-refractivity contribution in [3.05, 3.63) is 0 Å². The number of unbranched alkanes of at least 4 members (excludes halogenated alkanes) is 15. The van der Waals surface area contributed by atoms with Crippen LogP contribution in [0.2, 0.25) is 0 Å². The summed E-state index contributed by atoms with van der Waals surface area (Å²) in [5.74, 6) is -0.139. The van der Waals surface area contributed by atoms with Crippen molar-refractivity contribution in [1.82, 2.24) is 0 Å². The number of hydrogen-bond acceptors (Lipinski definition) is 11. The summed E-state index contributed by atoms with van der Waals surface area (Å²) in [5.41, 5.74) is 0. The summed E-state index contributed by atoms with van der Waals surface area (Å²) in [6, 6.07) is 0. The molecule has 11 nitrogen and oxygen atoms in total. The predicted molar refractivity (Wildman–Crippen MR) is 203 cm³/mol. The fourth-order valence-corrected chi connectivity index (χ4v) is 5.07. The zero-order valence-corrected chi connectivity index (χ0v) is 33.2. The van der Waals surface area contributed by atoms with Gasteiger partial charge in [0.15, 0.2) is 0 Å². The molecule has 0 atom stereocenters. The van der Waals surface area contributed by atoms with Crippen LogP contribution in [0.4, 0.5) is 0 Å². The van der Waals surface area contributed by atoms with Crippen molar-refractivity contribution in [2.75, 3.05) is 126 Å². The maximum atomic E-state index is 11.7. The topological polar surface area (TPSA) is 109 Å². The van der Waals surface area contributed by atoms with Crippen molar-refractivity contribution in [3.8, 4) is 0 Å². The van der Waals surface area contributed by atoms with Gasteiger partial charge in [-0.15, -0.1) is 0 Å². The highest BCUT2D eigenvalue weighted by Gasteiger charge is 2.03. The average Bonchev–Trinajstić information content (AvgIpc) is 3.14. The number of hydrogen-bond donors (Lipinski definition) is 0. The molecule has 0 aromatic rings.